The summed E-state index contributed by atoms with van der Waals surface area (Å²) in [7, 11) is 0. The van der Waals surface area contributed by atoms with Crippen molar-refractivity contribution in [1.82, 2.24) is 0 Å². The van der Waals surface area contributed by atoms with E-state index in [0.29, 0.717) is 28.7 Å². The molecule has 1 atom stereocenters. The molecular weight excluding hydrogens is 1900 g/mol. The van der Waals surface area contributed by atoms with Crippen molar-refractivity contribution in [3.8, 4) is 69.0 Å². The van der Waals surface area contributed by atoms with Crippen molar-refractivity contribution in [3.63, 3.8) is 0 Å². The van der Waals surface area contributed by atoms with Gasteiger partial charge < -0.3 is 61.9 Å². The van der Waals surface area contributed by atoms with E-state index in [-0.39, 0.29) is 92.5 Å². The first kappa shape index (κ1) is 119. The van der Waals surface area contributed by atoms with Gasteiger partial charge in [-0.25, -0.2) is 0 Å². The average molecular weight is 2030 g/mol. The summed E-state index contributed by atoms with van der Waals surface area (Å²) in [5.74, 6) is -4.94. The maximum absolute atomic E-state index is 12.6. The lowest BCUT2D eigenvalue weighted by molar-refractivity contribution is -0.134. The van der Waals surface area contributed by atoms with E-state index < -0.39 is 83.5 Å². The van der Waals surface area contributed by atoms with Gasteiger partial charge in [0, 0.05) is 106 Å². The lowest BCUT2D eigenvalue weighted by atomic mass is 9.97. The summed E-state index contributed by atoms with van der Waals surface area (Å²) in [4.78, 5) is 172. The number of aliphatic hydroxyl groups excluding tert-OH is 1. The molecule has 149 heavy (non-hydrogen) atoms. The second-order valence-electron chi connectivity index (χ2n) is 35.4. The van der Waals surface area contributed by atoms with Crippen LogP contribution in [0.4, 0.5) is 0 Å². The Balaban J connectivity index is 0.000000242. The standard InChI is InChI=1S/C21H20O5.C21H24O4.C20H20O6.C20H20O5.C20H22O4.C19H20O4/c1-13-5-6-17(11-14(13)2)7-9-19(24)18-8-10-20(25-15(3)22)21(12-18)26-16(4)23;1-14-8-9-18(12-15(14)2)6-5-7-19-10-11-20(24-16(3)22)21(13-19)25-17(4)23;1-11-5-6-15(9-12(11)2)19(23)20(24)16-7-8-17(25-13(3)21)18(10-16)26-14(4)22;1-12-5-7-17(9-13(12)2)18(23)10-16-6-8-19(24-14(3)21)20(11-16)25-15(4)22;1-13-5-6-17(11-14(13)2)7-8-18-9-10-19(23-15(3)21)20(12-18)24-16(4)22;1-12-5-6-16(9-13(12)2)10-17-7-8-18(22-14(3)20)19(11-17)23-15(4)21/h5-12H,1-4H3;8-13H,5-7H2,1-4H3;5-10,20,24H,1-4H3;5-9,11H,10H2,1-4H3;5-6,9-12H,7-8H2,1-4H3;5-9,11H,10H2,1-4H3/b9-7+;;;;;. The first-order chi connectivity index (χ1) is 70.2. The van der Waals surface area contributed by atoms with Gasteiger partial charge in [-0.15, -0.1) is 0 Å². The molecule has 0 bridgehead atoms. The third-order valence-corrected chi connectivity index (χ3v) is 22.5. The zero-order chi connectivity index (χ0) is 110. The maximum atomic E-state index is 12.6. The number of hydrogen-bond acceptors (Lipinski definition) is 28. The van der Waals surface area contributed by atoms with Crippen molar-refractivity contribution in [1.29, 1.82) is 0 Å². The molecular formula is C121H126O28. The summed E-state index contributed by atoms with van der Waals surface area (Å²) >= 11 is 0. The Morgan fingerprint density at radius 3 is 0.852 bits per heavy atom. The summed E-state index contributed by atoms with van der Waals surface area (Å²) in [5.41, 5.74) is 24.0. The van der Waals surface area contributed by atoms with Gasteiger partial charge in [0.1, 0.15) is 6.10 Å². The van der Waals surface area contributed by atoms with E-state index in [1.54, 1.807) is 72.8 Å². The molecule has 12 aromatic rings. The highest BCUT2D eigenvalue weighted by Crippen LogP contribution is 2.38. The van der Waals surface area contributed by atoms with Crippen molar-refractivity contribution in [2.75, 3.05) is 0 Å². The molecule has 0 amide bonds. The van der Waals surface area contributed by atoms with E-state index in [1.807, 2.05) is 96.1 Å². The van der Waals surface area contributed by atoms with Crippen LogP contribution in [0.5, 0.6) is 69.0 Å². The fourth-order valence-corrected chi connectivity index (χ4v) is 14.3. The predicted octanol–water partition coefficient (Wildman–Crippen LogP) is 22.7. The van der Waals surface area contributed by atoms with E-state index in [9.17, 15) is 77.0 Å². The van der Waals surface area contributed by atoms with E-state index in [1.165, 1.54) is 187 Å². The fraction of sp³-hybridized carbons (Fsp3) is 0.264. The van der Waals surface area contributed by atoms with Gasteiger partial charge in [0.2, 0.25) is 0 Å². The van der Waals surface area contributed by atoms with Gasteiger partial charge in [-0.3, -0.25) is 71.9 Å². The van der Waals surface area contributed by atoms with E-state index in [0.717, 1.165) is 82.2 Å². The third-order valence-electron chi connectivity index (χ3n) is 22.5. The molecule has 1 N–H and O–H groups in total. The largest absolute Gasteiger partial charge is 0.423 e. The van der Waals surface area contributed by atoms with Gasteiger partial charge >= 0.3 is 71.6 Å². The van der Waals surface area contributed by atoms with Crippen LogP contribution in [0, 0.1) is 83.1 Å². The van der Waals surface area contributed by atoms with Gasteiger partial charge in [-0.05, 0) is 336 Å². The number of carbonyl (C=O) groups is 15. The van der Waals surface area contributed by atoms with Crippen molar-refractivity contribution < 1.29 is 134 Å². The molecule has 28 heteroatoms. The molecule has 0 spiro atoms. The summed E-state index contributed by atoms with van der Waals surface area (Å²) < 4.78 is 60.8. The maximum Gasteiger partial charge on any atom is 0.308 e. The lowest BCUT2D eigenvalue weighted by Gasteiger charge is -2.14. The molecule has 0 radical (unpaired) electrons. The first-order valence-electron chi connectivity index (χ1n) is 47.6. The number of Topliss-reactive ketones (excluding diaryl/α,β-unsaturated/α-hetero) is 2. The molecule has 0 fully saturated rings. The Hall–Kier alpha value is -17.0. The topological polar surface area (TPSA) is 387 Å². The highest BCUT2D eigenvalue weighted by Gasteiger charge is 2.25. The Morgan fingerprint density at radius 1 is 0.228 bits per heavy atom. The van der Waals surface area contributed by atoms with Crippen LogP contribution in [0.25, 0.3) is 6.08 Å². The minimum absolute atomic E-state index is 0.0260. The molecule has 0 aliphatic rings. The molecule has 1 unspecified atom stereocenters. The van der Waals surface area contributed by atoms with E-state index in [4.69, 9.17) is 56.8 Å². The molecule has 12 rings (SSSR count). The Labute approximate surface area is 868 Å². The van der Waals surface area contributed by atoms with Crippen molar-refractivity contribution in [3.05, 3.63) is 358 Å². The first-order valence-corrected chi connectivity index (χ1v) is 47.6. The molecule has 0 heterocycles. The van der Waals surface area contributed by atoms with Gasteiger partial charge in [-0.2, -0.15) is 0 Å². The van der Waals surface area contributed by atoms with Crippen LogP contribution in [0.3, 0.4) is 0 Å². The fourth-order valence-electron chi connectivity index (χ4n) is 14.3. The number of aliphatic hydroxyl groups is 1. The molecule has 778 valence electrons. The normalized spacial score (nSPS) is 10.6. The zero-order valence-corrected chi connectivity index (χ0v) is 88.4. The minimum atomic E-state index is -1.45. The molecule has 0 aromatic heterocycles. The van der Waals surface area contributed by atoms with E-state index >= 15 is 0 Å². The van der Waals surface area contributed by atoms with E-state index in [2.05, 4.69) is 96.1 Å². The number of rotatable bonds is 30. The summed E-state index contributed by atoms with van der Waals surface area (Å²) in [6, 6.07) is 65.0. The SMILES string of the molecule is CC(=O)Oc1ccc(C(=O)/C=C/c2ccc(C)c(C)c2)cc1OC(C)=O.CC(=O)Oc1ccc(C(O)C(=O)c2ccc(C)c(C)c2)cc1OC(C)=O.CC(=O)Oc1ccc(CC(=O)c2ccc(C)c(C)c2)cc1OC(C)=O.CC(=O)Oc1ccc(CCCc2ccc(C)c(C)c2)cc1OC(C)=O.CC(=O)Oc1ccc(CCc2ccc(C)c(C)c2)cc1OC(C)=O.CC(=O)Oc1ccc(Cc2ccc(C)c(C)c2)cc1OC(C)=O. The quantitative estimate of drug-likeness (QED) is 0.0189. The Bertz CT molecular complexity index is 7020. The number of ether oxygens (including phenoxy) is 12. The van der Waals surface area contributed by atoms with Crippen LogP contribution in [0.15, 0.2) is 224 Å². The van der Waals surface area contributed by atoms with Gasteiger partial charge in [0.25, 0.3) is 0 Å². The molecule has 12 aromatic carbocycles. The molecule has 0 aliphatic carbocycles. The van der Waals surface area contributed by atoms with Crippen molar-refractivity contribution in [2.45, 2.75) is 217 Å². The molecule has 0 saturated carbocycles. The van der Waals surface area contributed by atoms with Crippen LogP contribution in [0.2, 0.25) is 0 Å². The zero-order valence-electron chi connectivity index (χ0n) is 88.4. The van der Waals surface area contributed by atoms with Crippen LogP contribution >= 0.6 is 0 Å². The summed E-state index contributed by atoms with van der Waals surface area (Å²) in [5, 5.41) is 10.4. The number of carbonyl (C=O) groups excluding carboxylic acids is 15. The van der Waals surface area contributed by atoms with Crippen molar-refractivity contribution >= 4 is 95.1 Å². The van der Waals surface area contributed by atoms with Crippen LogP contribution in [0.1, 0.15) is 244 Å². The third kappa shape index (κ3) is 40.8. The number of aryl methyl sites for hydroxylation is 16. The number of allylic oxidation sites excluding steroid dienone is 1. The second-order valence-corrected chi connectivity index (χ2v) is 35.4. The number of ketones is 3. The van der Waals surface area contributed by atoms with Crippen LogP contribution < -0.4 is 56.8 Å². The Morgan fingerprint density at radius 2 is 0.477 bits per heavy atom. The smallest absolute Gasteiger partial charge is 0.308 e. The number of benzene rings is 12. The highest BCUT2D eigenvalue weighted by atomic mass is 16.6. The Kier molecular flexibility index (Phi) is 46.0. The molecule has 28 nitrogen and oxygen atoms in total. The van der Waals surface area contributed by atoms with Gasteiger partial charge in [0.05, 0.1) is 0 Å². The number of esters is 12. The minimum Gasteiger partial charge on any atom is -0.423 e. The van der Waals surface area contributed by atoms with Crippen LogP contribution in [-0.2, 0) is 96.1 Å². The van der Waals surface area contributed by atoms with Crippen molar-refractivity contribution in [2.24, 2.45) is 0 Å². The molecule has 0 saturated heterocycles. The van der Waals surface area contributed by atoms with Gasteiger partial charge in [0.15, 0.2) is 86.3 Å². The van der Waals surface area contributed by atoms with Gasteiger partial charge in [-0.1, -0.05) is 133 Å². The van der Waals surface area contributed by atoms with Crippen LogP contribution in [-0.4, -0.2) is 94.1 Å². The highest BCUT2D eigenvalue weighted by molar-refractivity contribution is 6.07. The summed E-state index contributed by atoms with van der Waals surface area (Å²) in [6.45, 7) is 39.6. The predicted molar refractivity (Wildman–Crippen MR) is 563 cm³/mol. The average Bonchev–Trinajstić information content (AvgIpc) is 0.794. The monoisotopic (exact) mass is 2030 g/mol. The lowest BCUT2D eigenvalue weighted by Crippen LogP contribution is -2.14. The second kappa shape index (κ2) is 57.6. The molecule has 0 aliphatic heterocycles. The summed E-state index contributed by atoms with van der Waals surface area (Å²) in [6.07, 6.45) is 7.07. The number of hydrogen-bond donors (Lipinski definition) is 1.